The highest BCUT2D eigenvalue weighted by Gasteiger charge is 2.03. The number of nitrogens with one attached hydrogen (secondary N) is 1. The van der Waals surface area contributed by atoms with Gasteiger partial charge in [-0.1, -0.05) is 41.9 Å². The molecule has 0 spiro atoms. The normalized spacial score (nSPS) is 10.9. The van der Waals surface area contributed by atoms with E-state index in [0.29, 0.717) is 11.6 Å². The van der Waals surface area contributed by atoms with Gasteiger partial charge in [-0.25, -0.2) is 0 Å². The maximum absolute atomic E-state index is 9.40. The Morgan fingerprint density at radius 2 is 1.90 bits per heavy atom. The number of phenols is 1. The first-order valence-corrected chi connectivity index (χ1v) is 7.12. The Kier molecular flexibility index (Phi) is 4.04. The van der Waals surface area contributed by atoms with Crippen LogP contribution in [0.4, 0.5) is 0 Å². The lowest BCUT2D eigenvalue weighted by atomic mass is 10.1. The molecular formula is C17H15ClN2O. The van der Waals surface area contributed by atoms with Crippen molar-refractivity contribution in [3.63, 3.8) is 0 Å². The molecule has 2 aromatic carbocycles. The zero-order valence-corrected chi connectivity index (χ0v) is 12.1. The van der Waals surface area contributed by atoms with Gasteiger partial charge in [0.05, 0.1) is 10.5 Å². The highest BCUT2D eigenvalue weighted by atomic mass is 35.5. The quantitative estimate of drug-likeness (QED) is 0.768. The van der Waals surface area contributed by atoms with E-state index >= 15 is 0 Å². The Balaban J connectivity index is 1.70. The van der Waals surface area contributed by atoms with Crippen molar-refractivity contribution in [2.75, 3.05) is 0 Å². The number of hydrogen-bond donors (Lipinski definition) is 2. The molecule has 0 amide bonds. The molecule has 0 fully saturated rings. The van der Waals surface area contributed by atoms with E-state index in [0.717, 1.165) is 28.6 Å². The number of aromatic hydroxyl groups is 1. The lowest BCUT2D eigenvalue weighted by molar-refractivity contribution is 0.475. The van der Waals surface area contributed by atoms with Crippen molar-refractivity contribution in [1.29, 1.82) is 0 Å². The summed E-state index contributed by atoms with van der Waals surface area (Å²) in [6.45, 7) is 1.41. The Morgan fingerprint density at radius 1 is 1.05 bits per heavy atom. The van der Waals surface area contributed by atoms with E-state index < -0.39 is 0 Å². The summed E-state index contributed by atoms with van der Waals surface area (Å²) in [4.78, 5) is 4.44. The number of phenolic OH excluding ortho intramolecular Hbond substituents is 1. The Hall–Kier alpha value is -2.10. The summed E-state index contributed by atoms with van der Waals surface area (Å²) in [5.41, 5.74) is 3.22. The first-order chi connectivity index (χ1) is 10.2. The fourth-order valence-corrected chi connectivity index (χ4v) is 2.52. The molecular weight excluding hydrogens is 284 g/mol. The summed E-state index contributed by atoms with van der Waals surface area (Å²) >= 11 is 5.90. The lowest BCUT2D eigenvalue weighted by Gasteiger charge is -2.08. The van der Waals surface area contributed by atoms with Gasteiger partial charge in [0.1, 0.15) is 5.75 Å². The topological polar surface area (TPSA) is 45.1 Å². The molecule has 0 bridgehead atoms. The van der Waals surface area contributed by atoms with Crippen LogP contribution in [0, 0.1) is 0 Å². The fraction of sp³-hybridized carbons (Fsp3) is 0.118. The second-order valence-electron chi connectivity index (χ2n) is 4.88. The molecule has 0 unspecified atom stereocenters. The predicted octanol–water partition coefficient (Wildman–Crippen LogP) is 3.88. The second-order valence-corrected chi connectivity index (χ2v) is 5.29. The first kappa shape index (κ1) is 13.9. The Labute approximate surface area is 128 Å². The number of aromatic nitrogens is 1. The van der Waals surface area contributed by atoms with Crippen LogP contribution in [0.2, 0.25) is 5.02 Å². The number of pyridine rings is 1. The van der Waals surface area contributed by atoms with E-state index in [4.69, 9.17) is 11.6 Å². The number of para-hydroxylation sites is 1. The number of fused-ring (bicyclic) bond motifs is 1. The third-order valence-electron chi connectivity index (χ3n) is 3.37. The van der Waals surface area contributed by atoms with Crippen LogP contribution in [0.3, 0.4) is 0 Å². The fourth-order valence-electron chi connectivity index (χ4n) is 2.31. The van der Waals surface area contributed by atoms with Crippen LogP contribution in [0.15, 0.2) is 54.7 Å². The molecule has 4 heteroatoms. The van der Waals surface area contributed by atoms with Gasteiger partial charge in [0, 0.05) is 24.7 Å². The number of halogens is 1. The molecule has 1 aromatic heterocycles. The summed E-state index contributed by atoms with van der Waals surface area (Å²) in [6, 6.07) is 15.4. The van der Waals surface area contributed by atoms with Crippen molar-refractivity contribution < 1.29 is 5.11 Å². The van der Waals surface area contributed by atoms with Crippen molar-refractivity contribution in [1.82, 2.24) is 10.3 Å². The number of rotatable bonds is 4. The number of hydrogen-bond acceptors (Lipinski definition) is 3. The molecule has 1 heterocycles. The third-order valence-corrected chi connectivity index (χ3v) is 3.68. The van der Waals surface area contributed by atoms with Crippen LogP contribution < -0.4 is 5.32 Å². The molecule has 3 rings (SSSR count). The van der Waals surface area contributed by atoms with Crippen molar-refractivity contribution in [2.45, 2.75) is 13.1 Å². The summed E-state index contributed by atoms with van der Waals surface area (Å²) in [5, 5.41) is 14.3. The van der Waals surface area contributed by atoms with Gasteiger partial charge in [-0.15, -0.1) is 0 Å². The molecule has 0 atom stereocenters. The molecule has 21 heavy (non-hydrogen) atoms. The van der Waals surface area contributed by atoms with Crippen molar-refractivity contribution in [3.8, 4) is 5.75 Å². The summed E-state index contributed by atoms with van der Waals surface area (Å²) < 4.78 is 0. The average molecular weight is 299 g/mol. The van der Waals surface area contributed by atoms with Crippen LogP contribution in [0.25, 0.3) is 10.9 Å². The molecule has 0 aliphatic rings. The number of benzene rings is 2. The zero-order valence-electron chi connectivity index (χ0n) is 11.4. The van der Waals surface area contributed by atoms with E-state index in [9.17, 15) is 5.11 Å². The molecule has 106 valence electrons. The van der Waals surface area contributed by atoms with Crippen molar-refractivity contribution in [2.24, 2.45) is 0 Å². The molecule has 2 N–H and O–H groups in total. The van der Waals surface area contributed by atoms with Gasteiger partial charge in [-0.3, -0.25) is 4.98 Å². The van der Waals surface area contributed by atoms with E-state index in [1.807, 2.05) is 24.4 Å². The van der Waals surface area contributed by atoms with Crippen molar-refractivity contribution >= 4 is 22.5 Å². The summed E-state index contributed by atoms with van der Waals surface area (Å²) in [7, 11) is 0. The molecule has 3 nitrogen and oxygen atoms in total. The minimum Gasteiger partial charge on any atom is -0.506 e. The van der Waals surface area contributed by atoms with E-state index in [-0.39, 0.29) is 5.75 Å². The largest absolute Gasteiger partial charge is 0.506 e. The standard InChI is InChI=1S/C17H15ClN2O/c18-15-9-12(6-7-16(15)21)10-19-11-14-4-1-3-13-5-2-8-20-17(13)14/h1-9,19,21H,10-11H2. The van der Waals surface area contributed by atoms with E-state index in [1.165, 1.54) is 0 Å². The smallest absolute Gasteiger partial charge is 0.134 e. The predicted molar refractivity (Wildman–Crippen MR) is 85.4 cm³/mol. The SMILES string of the molecule is Oc1ccc(CNCc2cccc3cccnc23)cc1Cl. The Bertz CT molecular complexity index is 768. The molecule has 0 aliphatic carbocycles. The van der Waals surface area contributed by atoms with E-state index in [2.05, 4.69) is 28.5 Å². The monoisotopic (exact) mass is 298 g/mol. The van der Waals surface area contributed by atoms with Gasteiger partial charge >= 0.3 is 0 Å². The van der Waals surface area contributed by atoms with Crippen LogP contribution in [0.5, 0.6) is 5.75 Å². The molecule has 3 aromatic rings. The summed E-state index contributed by atoms with van der Waals surface area (Å²) in [6.07, 6.45) is 1.81. The zero-order chi connectivity index (χ0) is 14.7. The van der Waals surface area contributed by atoms with Gasteiger partial charge in [0.25, 0.3) is 0 Å². The average Bonchev–Trinajstić information content (AvgIpc) is 2.51. The van der Waals surface area contributed by atoms with Crippen molar-refractivity contribution in [3.05, 3.63) is 70.9 Å². The number of nitrogens with zero attached hydrogens (tertiary/aromatic N) is 1. The minimum absolute atomic E-state index is 0.110. The van der Waals surface area contributed by atoms with E-state index in [1.54, 1.807) is 12.1 Å². The van der Waals surface area contributed by atoms with Crippen LogP contribution in [0.1, 0.15) is 11.1 Å². The highest BCUT2D eigenvalue weighted by Crippen LogP contribution is 2.23. The molecule has 0 saturated heterocycles. The summed E-state index contributed by atoms with van der Waals surface area (Å²) in [5.74, 6) is 0.110. The Morgan fingerprint density at radius 3 is 2.76 bits per heavy atom. The molecule has 0 aliphatic heterocycles. The van der Waals surface area contributed by atoms with Crippen LogP contribution in [-0.4, -0.2) is 10.1 Å². The maximum Gasteiger partial charge on any atom is 0.134 e. The lowest BCUT2D eigenvalue weighted by Crippen LogP contribution is -2.13. The molecule has 0 saturated carbocycles. The molecule has 0 radical (unpaired) electrons. The van der Waals surface area contributed by atoms with Gasteiger partial charge < -0.3 is 10.4 Å². The first-order valence-electron chi connectivity index (χ1n) is 6.75. The maximum atomic E-state index is 9.40. The highest BCUT2D eigenvalue weighted by molar-refractivity contribution is 6.32. The second kappa shape index (κ2) is 6.12. The van der Waals surface area contributed by atoms with Gasteiger partial charge in [-0.05, 0) is 29.3 Å². The third kappa shape index (κ3) is 3.15. The van der Waals surface area contributed by atoms with Gasteiger partial charge in [-0.2, -0.15) is 0 Å². The minimum atomic E-state index is 0.110. The van der Waals surface area contributed by atoms with Gasteiger partial charge in [0.15, 0.2) is 0 Å². The van der Waals surface area contributed by atoms with Crippen LogP contribution in [-0.2, 0) is 13.1 Å². The van der Waals surface area contributed by atoms with Crippen LogP contribution >= 0.6 is 11.6 Å². The van der Waals surface area contributed by atoms with Gasteiger partial charge in [0.2, 0.25) is 0 Å².